The molecule has 1 N–H and O–H groups in total. The van der Waals surface area contributed by atoms with E-state index in [9.17, 15) is 4.79 Å². The second-order valence-electron chi connectivity index (χ2n) is 6.09. The van der Waals surface area contributed by atoms with Crippen LogP contribution in [-0.2, 0) is 17.8 Å². The summed E-state index contributed by atoms with van der Waals surface area (Å²) in [6.45, 7) is 4.38. The van der Waals surface area contributed by atoms with E-state index < -0.39 is 0 Å². The van der Waals surface area contributed by atoms with E-state index in [-0.39, 0.29) is 12.3 Å². The zero-order valence-electron chi connectivity index (χ0n) is 14.6. The van der Waals surface area contributed by atoms with Crippen LogP contribution in [0.5, 0.6) is 0 Å². The predicted octanol–water partition coefficient (Wildman–Crippen LogP) is 4.65. The molecule has 1 amide bonds. The Morgan fingerprint density at radius 1 is 1.12 bits per heavy atom. The molecule has 3 aromatic rings. The molecule has 1 aromatic heterocycles. The van der Waals surface area contributed by atoms with Crippen LogP contribution in [0, 0.1) is 13.8 Å². The average Bonchev–Trinajstić information content (AvgIpc) is 2.90. The van der Waals surface area contributed by atoms with Crippen LogP contribution in [-0.4, -0.2) is 15.7 Å². The lowest BCUT2D eigenvalue weighted by Crippen LogP contribution is -2.25. The number of amides is 1. The van der Waals surface area contributed by atoms with Crippen molar-refractivity contribution in [2.75, 3.05) is 0 Å². The second kappa shape index (κ2) is 7.94. The molecule has 134 valence electrons. The van der Waals surface area contributed by atoms with Gasteiger partial charge in [0.25, 0.3) is 0 Å². The fraction of sp³-hybridized carbons (Fsp3) is 0.200. The number of nitrogens with zero attached hydrogens (tertiary/aromatic N) is 2. The second-order valence-corrected chi connectivity index (χ2v) is 6.93. The monoisotopic (exact) mass is 387 g/mol. The summed E-state index contributed by atoms with van der Waals surface area (Å²) >= 11 is 12.0. The fourth-order valence-electron chi connectivity index (χ4n) is 2.84. The number of carbonyl (C=O) groups excluding carboxylic acids is 1. The van der Waals surface area contributed by atoms with Crippen molar-refractivity contribution in [3.05, 3.63) is 81.1 Å². The summed E-state index contributed by atoms with van der Waals surface area (Å²) in [5.41, 5.74) is 4.68. The van der Waals surface area contributed by atoms with Gasteiger partial charge in [0, 0.05) is 27.8 Å². The third-order valence-corrected chi connectivity index (χ3v) is 4.86. The van der Waals surface area contributed by atoms with E-state index in [1.54, 1.807) is 18.2 Å². The standard InChI is InChI=1S/C20H19Cl2N3O/c1-13-18(14(2)25(24-13)17-6-4-3-5-7-17)12-23-20(26)10-15-8-9-16(21)11-19(15)22/h3-9,11H,10,12H2,1-2H3,(H,23,26). The van der Waals surface area contributed by atoms with Gasteiger partial charge in [-0.15, -0.1) is 0 Å². The number of nitrogens with one attached hydrogen (secondary N) is 1. The van der Waals surface area contributed by atoms with Gasteiger partial charge in [-0.05, 0) is 43.7 Å². The maximum absolute atomic E-state index is 12.3. The third kappa shape index (κ3) is 4.09. The third-order valence-electron chi connectivity index (χ3n) is 4.27. The van der Waals surface area contributed by atoms with Crippen LogP contribution < -0.4 is 5.32 Å². The van der Waals surface area contributed by atoms with Crippen molar-refractivity contribution in [2.24, 2.45) is 0 Å². The van der Waals surface area contributed by atoms with E-state index >= 15 is 0 Å². The minimum absolute atomic E-state index is 0.0968. The molecule has 0 aliphatic carbocycles. The summed E-state index contributed by atoms with van der Waals surface area (Å²) in [4.78, 5) is 12.3. The smallest absolute Gasteiger partial charge is 0.224 e. The molecule has 3 rings (SSSR count). The summed E-state index contributed by atoms with van der Waals surface area (Å²) in [7, 11) is 0. The molecule has 0 unspecified atom stereocenters. The number of aromatic nitrogens is 2. The molecule has 0 aliphatic rings. The van der Waals surface area contributed by atoms with Crippen LogP contribution in [0.25, 0.3) is 5.69 Å². The van der Waals surface area contributed by atoms with Crippen molar-refractivity contribution < 1.29 is 4.79 Å². The van der Waals surface area contributed by atoms with E-state index in [1.165, 1.54) is 0 Å². The number of hydrogen-bond acceptors (Lipinski definition) is 2. The summed E-state index contributed by atoms with van der Waals surface area (Å²) in [6.07, 6.45) is 0.209. The normalized spacial score (nSPS) is 10.8. The van der Waals surface area contributed by atoms with Crippen molar-refractivity contribution in [2.45, 2.75) is 26.8 Å². The van der Waals surface area contributed by atoms with Gasteiger partial charge in [0.05, 0.1) is 17.8 Å². The Balaban J connectivity index is 1.70. The first kappa shape index (κ1) is 18.5. The summed E-state index contributed by atoms with van der Waals surface area (Å²) in [5.74, 6) is -0.0968. The highest BCUT2D eigenvalue weighted by Crippen LogP contribution is 2.22. The van der Waals surface area contributed by atoms with E-state index in [0.29, 0.717) is 16.6 Å². The maximum Gasteiger partial charge on any atom is 0.224 e. The number of aryl methyl sites for hydroxylation is 1. The van der Waals surface area contributed by atoms with Crippen LogP contribution in [0.15, 0.2) is 48.5 Å². The number of hydrogen-bond donors (Lipinski definition) is 1. The molecule has 26 heavy (non-hydrogen) atoms. The Kier molecular flexibility index (Phi) is 5.64. The molecule has 0 atom stereocenters. The van der Waals surface area contributed by atoms with Crippen LogP contribution in [0.1, 0.15) is 22.5 Å². The predicted molar refractivity (Wildman–Crippen MR) is 105 cm³/mol. The quantitative estimate of drug-likeness (QED) is 0.691. The van der Waals surface area contributed by atoms with Crippen molar-refractivity contribution in [1.29, 1.82) is 0 Å². The molecular weight excluding hydrogens is 369 g/mol. The fourth-order valence-corrected chi connectivity index (χ4v) is 3.31. The van der Waals surface area contributed by atoms with Gasteiger partial charge in [-0.3, -0.25) is 4.79 Å². The summed E-state index contributed by atoms with van der Waals surface area (Å²) < 4.78 is 1.90. The lowest BCUT2D eigenvalue weighted by atomic mass is 10.1. The van der Waals surface area contributed by atoms with E-state index in [1.807, 2.05) is 48.9 Å². The van der Waals surface area contributed by atoms with Gasteiger partial charge >= 0.3 is 0 Å². The van der Waals surface area contributed by atoms with Gasteiger partial charge in [0.1, 0.15) is 0 Å². The molecule has 1 heterocycles. The lowest BCUT2D eigenvalue weighted by Gasteiger charge is -2.08. The minimum Gasteiger partial charge on any atom is -0.352 e. The first-order valence-electron chi connectivity index (χ1n) is 8.27. The lowest BCUT2D eigenvalue weighted by molar-refractivity contribution is -0.120. The molecule has 2 aromatic carbocycles. The molecule has 0 saturated carbocycles. The Morgan fingerprint density at radius 3 is 2.54 bits per heavy atom. The maximum atomic E-state index is 12.3. The Bertz CT molecular complexity index is 936. The minimum atomic E-state index is -0.0968. The molecule has 4 nitrogen and oxygen atoms in total. The van der Waals surface area contributed by atoms with Gasteiger partial charge in [-0.1, -0.05) is 47.5 Å². The Morgan fingerprint density at radius 2 is 1.85 bits per heavy atom. The molecule has 0 spiro atoms. The van der Waals surface area contributed by atoms with Crippen molar-refractivity contribution in [3.63, 3.8) is 0 Å². The van der Waals surface area contributed by atoms with Gasteiger partial charge in [0.2, 0.25) is 5.91 Å². The number of rotatable bonds is 5. The molecule has 0 radical (unpaired) electrons. The summed E-state index contributed by atoms with van der Waals surface area (Å²) in [6, 6.07) is 15.1. The average molecular weight is 388 g/mol. The van der Waals surface area contributed by atoms with Crippen LogP contribution >= 0.6 is 23.2 Å². The first-order valence-corrected chi connectivity index (χ1v) is 9.02. The van der Waals surface area contributed by atoms with Crippen molar-refractivity contribution in [1.82, 2.24) is 15.1 Å². The van der Waals surface area contributed by atoms with Crippen molar-refractivity contribution in [3.8, 4) is 5.69 Å². The Labute approximate surface area is 162 Å². The SMILES string of the molecule is Cc1nn(-c2ccccc2)c(C)c1CNC(=O)Cc1ccc(Cl)cc1Cl. The van der Waals surface area contributed by atoms with Crippen LogP contribution in [0.2, 0.25) is 10.0 Å². The number of benzene rings is 2. The number of halogens is 2. The van der Waals surface area contributed by atoms with Gasteiger partial charge in [-0.25, -0.2) is 4.68 Å². The molecule has 0 fully saturated rings. The van der Waals surface area contributed by atoms with Crippen LogP contribution in [0.4, 0.5) is 0 Å². The molecule has 0 bridgehead atoms. The zero-order valence-corrected chi connectivity index (χ0v) is 16.1. The van der Waals surface area contributed by atoms with Crippen LogP contribution in [0.3, 0.4) is 0 Å². The Hall–Kier alpha value is -2.30. The van der Waals surface area contributed by atoms with E-state index in [0.717, 1.165) is 28.2 Å². The highest BCUT2D eigenvalue weighted by molar-refractivity contribution is 6.35. The molecule has 6 heteroatoms. The van der Waals surface area contributed by atoms with Crippen molar-refractivity contribution >= 4 is 29.1 Å². The van der Waals surface area contributed by atoms with E-state index in [4.69, 9.17) is 23.2 Å². The zero-order chi connectivity index (χ0) is 18.7. The molecule has 0 saturated heterocycles. The molecular formula is C20H19Cl2N3O. The highest BCUT2D eigenvalue weighted by Gasteiger charge is 2.14. The summed E-state index contributed by atoms with van der Waals surface area (Å²) in [5, 5.41) is 8.60. The molecule has 0 aliphatic heterocycles. The van der Waals surface area contributed by atoms with Gasteiger partial charge < -0.3 is 5.32 Å². The highest BCUT2D eigenvalue weighted by atomic mass is 35.5. The van der Waals surface area contributed by atoms with Gasteiger partial charge in [-0.2, -0.15) is 5.10 Å². The van der Waals surface area contributed by atoms with E-state index in [2.05, 4.69) is 10.4 Å². The number of carbonyl (C=O) groups is 1. The number of para-hydroxylation sites is 1. The largest absolute Gasteiger partial charge is 0.352 e. The van der Waals surface area contributed by atoms with Gasteiger partial charge in [0.15, 0.2) is 0 Å². The first-order chi connectivity index (χ1) is 12.5. The topological polar surface area (TPSA) is 46.9 Å².